The van der Waals surface area contributed by atoms with Crippen LogP contribution in [0.25, 0.3) is 11.8 Å². The number of nitrogens with one attached hydrogen (secondary N) is 1. The molecule has 5 nitrogen and oxygen atoms in total. The SMILES string of the molecule is COc1ccccc1NC(=O)/C(C#N)=C/c1cc(C)n(-c2ccccc2C)c1C. The van der Waals surface area contributed by atoms with Crippen molar-refractivity contribution in [3.05, 3.63) is 82.7 Å². The number of hydrogen-bond donors (Lipinski definition) is 1. The highest BCUT2D eigenvalue weighted by atomic mass is 16.5. The highest BCUT2D eigenvalue weighted by molar-refractivity contribution is 6.10. The number of aromatic nitrogens is 1. The Hall–Kier alpha value is -3.78. The minimum atomic E-state index is -0.474. The predicted molar refractivity (Wildman–Crippen MR) is 115 cm³/mol. The van der Waals surface area contributed by atoms with Gasteiger partial charge >= 0.3 is 0 Å². The van der Waals surface area contributed by atoms with Crippen LogP contribution in [0.3, 0.4) is 0 Å². The van der Waals surface area contributed by atoms with E-state index < -0.39 is 5.91 Å². The Kier molecular flexibility index (Phi) is 5.85. The van der Waals surface area contributed by atoms with Crippen LogP contribution in [0.15, 0.2) is 60.2 Å². The number of amides is 1. The Labute approximate surface area is 170 Å². The molecular weight excluding hydrogens is 362 g/mol. The monoisotopic (exact) mass is 385 g/mol. The van der Waals surface area contributed by atoms with Gasteiger partial charge in [0.05, 0.1) is 12.8 Å². The third-order valence-corrected chi connectivity index (χ3v) is 4.85. The third kappa shape index (κ3) is 4.07. The summed E-state index contributed by atoms with van der Waals surface area (Å²) >= 11 is 0. The average Bonchev–Trinajstić information content (AvgIpc) is 3.00. The number of para-hydroxylation sites is 3. The molecule has 1 aromatic heterocycles. The molecule has 1 amide bonds. The van der Waals surface area contributed by atoms with Crippen molar-refractivity contribution < 1.29 is 9.53 Å². The highest BCUT2D eigenvalue weighted by Crippen LogP contribution is 2.26. The molecule has 3 aromatic rings. The van der Waals surface area contributed by atoms with Gasteiger partial charge in [-0.15, -0.1) is 0 Å². The second-order valence-electron chi connectivity index (χ2n) is 6.77. The molecule has 2 aromatic carbocycles. The average molecular weight is 385 g/mol. The Bertz CT molecular complexity index is 1130. The van der Waals surface area contributed by atoms with Crippen molar-refractivity contribution in [1.29, 1.82) is 5.26 Å². The number of anilines is 1. The molecule has 29 heavy (non-hydrogen) atoms. The fourth-order valence-electron chi connectivity index (χ4n) is 3.36. The molecule has 1 N–H and O–H groups in total. The summed E-state index contributed by atoms with van der Waals surface area (Å²) < 4.78 is 7.39. The summed E-state index contributed by atoms with van der Waals surface area (Å²) in [4.78, 5) is 12.7. The molecule has 0 aliphatic carbocycles. The van der Waals surface area contributed by atoms with Gasteiger partial charge in [-0.3, -0.25) is 4.79 Å². The van der Waals surface area contributed by atoms with Gasteiger partial charge in [-0.05, 0) is 62.2 Å². The predicted octanol–water partition coefficient (Wildman–Crippen LogP) is 4.96. The van der Waals surface area contributed by atoms with Gasteiger partial charge in [0.25, 0.3) is 5.91 Å². The summed E-state index contributed by atoms with van der Waals surface area (Å²) in [6, 6.07) is 19.2. The van der Waals surface area contributed by atoms with Crippen molar-refractivity contribution in [1.82, 2.24) is 4.57 Å². The summed E-state index contributed by atoms with van der Waals surface area (Å²) in [6.07, 6.45) is 1.63. The van der Waals surface area contributed by atoms with E-state index >= 15 is 0 Å². The molecule has 0 saturated heterocycles. The Morgan fingerprint density at radius 1 is 1.10 bits per heavy atom. The van der Waals surface area contributed by atoms with Crippen molar-refractivity contribution in [2.75, 3.05) is 12.4 Å². The van der Waals surface area contributed by atoms with E-state index in [-0.39, 0.29) is 5.57 Å². The second-order valence-corrected chi connectivity index (χ2v) is 6.77. The first-order chi connectivity index (χ1) is 14.0. The van der Waals surface area contributed by atoms with E-state index in [9.17, 15) is 10.1 Å². The largest absolute Gasteiger partial charge is 0.495 e. The normalized spacial score (nSPS) is 11.1. The van der Waals surface area contributed by atoms with Crippen LogP contribution in [0.2, 0.25) is 0 Å². The van der Waals surface area contributed by atoms with E-state index in [4.69, 9.17) is 4.74 Å². The number of carbonyl (C=O) groups excluding carboxylic acids is 1. The zero-order valence-corrected chi connectivity index (χ0v) is 17.0. The maximum Gasteiger partial charge on any atom is 0.266 e. The lowest BCUT2D eigenvalue weighted by atomic mass is 10.1. The standard InChI is InChI=1S/C24H23N3O2/c1-16-9-5-7-11-22(16)27-17(2)13-19(18(27)3)14-20(15-25)24(28)26-21-10-6-8-12-23(21)29-4/h5-14H,1-4H3,(H,26,28)/b20-14+. The molecule has 0 atom stereocenters. The molecule has 3 rings (SSSR count). The number of rotatable bonds is 5. The first-order valence-corrected chi connectivity index (χ1v) is 9.27. The minimum Gasteiger partial charge on any atom is -0.495 e. The van der Waals surface area contributed by atoms with Crippen molar-refractivity contribution in [2.24, 2.45) is 0 Å². The van der Waals surface area contributed by atoms with E-state index in [2.05, 4.69) is 28.9 Å². The van der Waals surface area contributed by atoms with Gasteiger partial charge in [0, 0.05) is 17.1 Å². The highest BCUT2D eigenvalue weighted by Gasteiger charge is 2.15. The number of ether oxygens (including phenoxy) is 1. The van der Waals surface area contributed by atoms with Gasteiger partial charge in [-0.1, -0.05) is 30.3 Å². The molecule has 0 fully saturated rings. The Morgan fingerprint density at radius 3 is 2.48 bits per heavy atom. The minimum absolute atomic E-state index is 0.0286. The molecule has 0 aliphatic heterocycles. The lowest BCUT2D eigenvalue weighted by molar-refractivity contribution is -0.112. The second kappa shape index (κ2) is 8.49. The number of aryl methyl sites for hydroxylation is 2. The van der Waals surface area contributed by atoms with Gasteiger partial charge in [0.15, 0.2) is 0 Å². The number of nitrogens with zero attached hydrogens (tertiary/aromatic N) is 2. The van der Waals surface area contributed by atoms with Crippen molar-refractivity contribution in [3.8, 4) is 17.5 Å². The summed E-state index contributed by atoms with van der Waals surface area (Å²) in [5.74, 6) is 0.0635. The topological polar surface area (TPSA) is 67.0 Å². The van der Waals surface area contributed by atoms with E-state index in [1.165, 1.54) is 7.11 Å². The first kappa shape index (κ1) is 20.0. The van der Waals surface area contributed by atoms with Crippen LogP contribution in [0, 0.1) is 32.1 Å². The van der Waals surface area contributed by atoms with Crippen molar-refractivity contribution in [3.63, 3.8) is 0 Å². The van der Waals surface area contributed by atoms with Crippen molar-refractivity contribution >= 4 is 17.7 Å². The number of methoxy groups -OCH3 is 1. The number of nitriles is 1. The van der Waals surface area contributed by atoms with Gasteiger partial charge in [-0.2, -0.15) is 5.26 Å². The smallest absolute Gasteiger partial charge is 0.266 e. The van der Waals surface area contributed by atoms with Crippen LogP contribution in [0.5, 0.6) is 5.75 Å². The van der Waals surface area contributed by atoms with Gasteiger partial charge < -0.3 is 14.6 Å². The molecule has 0 aliphatic rings. The van der Waals surface area contributed by atoms with E-state index in [1.807, 2.05) is 44.2 Å². The molecule has 1 heterocycles. The first-order valence-electron chi connectivity index (χ1n) is 9.27. The zero-order valence-electron chi connectivity index (χ0n) is 17.0. The van der Waals surface area contributed by atoms with Gasteiger partial charge in [0.1, 0.15) is 17.4 Å². The van der Waals surface area contributed by atoms with Gasteiger partial charge in [0.2, 0.25) is 0 Å². The molecule has 0 unspecified atom stereocenters. The molecule has 5 heteroatoms. The zero-order chi connectivity index (χ0) is 21.0. The Balaban J connectivity index is 1.96. The summed E-state index contributed by atoms with van der Waals surface area (Å²) in [6.45, 7) is 6.06. The van der Waals surface area contributed by atoms with E-state index in [0.29, 0.717) is 11.4 Å². The van der Waals surface area contributed by atoms with Crippen LogP contribution in [0.4, 0.5) is 5.69 Å². The van der Waals surface area contributed by atoms with Gasteiger partial charge in [-0.25, -0.2) is 0 Å². The maximum absolute atomic E-state index is 12.7. The number of carbonyl (C=O) groups is 1. The molecule has 0 spiro atoms. The van der Waals surface area contributed by atoms with Crippen molar-refractivity contribution in [2.45, 2.75) is 20.8 Å². The third-order valence-electron chi connectivity index (χ3n) is 4.85. The number of benzene rings is 2. The molecule has 0 radical (unpaired) electrons. The maximum atomic E-state index is 12.7. The van der Waals surface area contributed by atoms with E-state index in [1.54, 1.807) is 24.3 Å². The quantitative estimate of drug-likeness (QED) is 0.499. The molecular formula is C24H23N3O2. The van der Waals surface area contributed by atoms with E-state index in [0.717, 1.165) is 28.2 Å². The summed E-state index contributed by atoms with van der Waals surface area (Å²) in [5, 5.41) is 12.3. The fraction of sp³-hybridized carbons (Fsp3) is 0.167. The van der Waals surface area contributed by atoms with Crippen LogP contribution < -0.4 is 10.1 Å². The van der Waals surface area contributed by atoms with Crippen LogP contribution in [0.1, 0.15) is 22.5 Å². The van der Waals surface area contributed by atoms with Crippen LogP contribution >= 0.6 is 0 Å². The molecule has 146 valence electrons. The summed E-state index contributed by atoms with van der Waals surface area (Å²) in [7, 11) is 1.53. The number of hydrogen-bond acceptors (Lipinski definition) is 3. The lowest BCUT2D eigenvalue weighted by Crippen LogP contribution is -2.14. The fourth-order valence-corrected chi connectivity index (χ4v) is 3.36. The van der Waals surface area contributed by atoms with Crippen LogP contribution in [-0.4, -0.2) is 17.6 Å². The molecule has 0 bridgehead atoms. The van der Waals surface area contributed by atoms with Crippen LogP contribution in [-0.2, 0) is 4.79 Å². The lowest BCUT2D eigenvalue weighted by Gasteiger charge is -2.12. The summed E-state index contributed by atoms with van der Waals surface area (Å²) in [5.41, 5.74) is 5.61. The molecule has 0 saturated carbocycles. The Morgan fingerprint density at radius 2 is 1.79 bits per heavy atom.